The van der Waals surface area contributed by atoms with Crippen molar-refractivity contribution >= 4 is 40.5 Å². The summed E-state index contributed by atoms with van der Waals surface area (Å²) in [5.41, 5.74) is 2.66. The molecule has 0 radical (unpaired) electrons. The minimum absolute atomic E-state index is 0.119. The zero-order valence-corrected chi connectivity index (χ0v) is 18.8. The van der Waals surface area contributed by atoms with Gasteiger partial charge in [0, 0.05) is 17.3 Å². The van der Waals surface area contributed by atoms with Crippen LogP contribution in [0.2, 0.25) is 10.0 Å². The molecule has 0 amide bonds. The molecule has 0 N–H and O–H groups in total. The van der Waals surface area contributed by atoms with Crippen LogP contribution in [0.25, 0.3) is 16.6 Å². The highest BCUT2D eigenvalue weighted by molar-refractivity contribution is 6.41. The highest BCUT2D eigenvalue weighted by atomic mass is 35.5. The number of ketones is 1. The first-order valence-corrected chi connectivity index (χ1v) is 10.7. The summed E-state index contributed by atoms with van der Waals surface area (Å²) in [6.45, 7) is 3.63. The number of ether oxygens (including phenoxy) is 1. The van der Waals surface area contributed by atoms with Gasteiger partial charge in [-0.25, -0.2) is 9.18 Å². The largest absolute Gasteiger partial charge is 0.462 e. The topological polar surface area (TPSA) is 47.8 Å². The molecule has 0 saturated carbocycles. The fourth-order valence-electron chi connectivity index (χ4n) is 3.85. The Morgan fingerprint density at radius 1 is 1.03 bits per heavy atom. The van der Waals surface area contributed by atoms with E-state index in [-0.39, 0.29) is 39.1 Å². The molecule has 2 aromatic carbocycles. The number of nitrogens with zero attached hydrogens (tertiary/aromatic N) is 1. The van der Waals surface area contributed by atoms with Gasteiger partial charge in [-0.3, -0.25) is 4.79 Å². The van der Waals surface area contributed by atoms with Gasteiger partial charge in [0.2, 0.25) is 5.78 Å². The summed E-state index contributed by atoms with van der Waals surface area (Å²) in [6, 6.07) is 14.4. The van der Waals surface area contributed by atoms with E-state index in [1.165, 1.54) is 12.1 Å². The number of halogens is 3. The highest BCUT2D eigenvalue weighted by Gasteiger charge is 2.26. The molecular weight excluding hydrogens is 452 g/mol. The summed E-state index contributed by atoms with van der Waals surface area (Å²) in [7, 11) is 0. The first-order chi connectivity index (χ1) is 15.3. The molecule has 2 heterocycles. The van der Waals surface area contributed by atoms with Crippen LogP contribution in [-0.2, 0) is 4.74 Å². The lowest BCUT2D eigenvalue weighted by molar-refractivity contribution is 0.0525. The molecule has 0 bridgehead atoms. The van der Waals surface area contributed by atoms with Crippen molar-refractivity contribution in [2.45, 2.75) is 13.8 Å². The minimum atomic E-state index is -0.597. The van der Waals surface area contributed by atoms with Crippen molar-refractivity contribution < 1.29 is 18.7 Å². The number of aromatic nitrogens is 1. The fourth-order valence-corrected chi connectivity index (χ4v) is 4.41. The summed E-state index contributed by atoms with van der Waals surface area (Å²) in [5, 5.41) is 0.471. The van der Waals surface area contributed by atoms with Crippen LogP contribution in [0.3, 0.4) is 0 Å². The van der Waals surface area contributed by atoms with Crippen molar-refractivity contribution in [3.63, 3.8) is 0 Å². The molecule has 0 fully saturated rings. The van der Waals surface area contributed by atoms with Crippen molar-refractivity contribution in [3.05, 3.63) is 99.0 Å². The van der Waals surface area contributed by atoms with Crippen LogP contribution in [0.4, 0.5) is 4.39 Å². The van der Waals surface area contributed by atoms with E-state index in [2.05, 4.69) is 0 Å². The first kappa shape index (κ1) is 22.1. The van der Waals surface area contributed by atoms with Gasteiger partial charge in [0.15, 0.2) is 0 Å². The Balaban J connectivity index is 1.93. The van der Waals surface area contributed by atoms with Gasteiger partial charge in [0.05, 0.1) is 39.0 Å². The molecule has 0 aliphatic carbocycles. The van der Waals surface area contributed by atoms with E-state index in [9.17, 15) is 9.59 Å². The maximum Gasteiger partial charge on any atom is 0.338 e. The Bertz CT molecular complexity index is 1360. The average Bonchev–Trinajstić information content (AvgIpc) is 3.05. The third kappa shape index (κ3) is 3.68. The predicted octanol–water partition coefficient (Wildman–Crippen LogP) is 6.77. The number of benzene rings is 2. The number of esters is 1. The maximum atomic E-state index is 15.2. The summed E-state index contributed by atoms with van der Waals surface area (Å²) < 4.78 is 21.8. The van der Waals surface area contributed by atoms with Gasteiger partial charge in [-0.2, -0.15) is 0 Å². The number of carbonyl (C=O) groups is 2. The smallest absolute Gasteiger partial charge is 0.338 e. The quantitative estimate of drug-likeness (QED) is 0.239. The number of rotatable bonds is 5. The molecule has 162 valence electrons. The van der Waals surface area contributed by atoms with Crippen LogP contribution in [0.5, 0.6) is 0 Å². The number of fused-ring (bicyclic) bond motifs is 1. The van der Waals surface area contributed by atoms with Gasteiger partial charge in [-0.05, 0) is 55.8 Å². The summed E-state index contributed by atoms with van der Waals surface area (Å²) in [5.74, 6) is -1.56. The zero-order valence-electron chi connectivity index (χ0n) is 17.3. The average molecular weight is 470 g/mol. The van der Waals surface area contributed by atoms with Gasteiger partial charge >= 0.3 is 5.97 Å². The van der Waals surface area contributed by atoms with Gasteiger partial charge < -0.3 is 9.14 Å². The van der Waals surface area contributed by atoms with E-state index in [4.69, 9.17) is 27.9 Å². The Morgan fingerprint density at radius 2 is 1.75 bits per heavy atom. The lowest BCUT2D eigenvalue weighted by atomic mass is 9.97. The molecular formula is C25H18Cl2FNO3. The number of hydrogen-bond donors (Lipinski definition) is 0. The van der Waals surface area contributed by atoms with Gasteiger partial charge in [0.25, 0.3) is 0 Å². The van der Waals surface area contributed by atoms with Gasteiger partial charge in [-0.1, -0.05) is 41.4 Å². The maximum absolute atomic E-state index is 15.2. The number of hydrogen-bond acceptors (Lipinski definition) is 3. The van der Waals surface area contributed by atoms with Crippen LogP contribution in [0, 0.1) is 12.7 Å². The lowest BCUT2D eigenvalue weighted by Gasteiger charge is -2.08. The Labute approximate surface area is 194 Å². The van der Waals surface area contributed by atoms with E-state index in [1.54, 1.807) is 60.8 Å². The molecule has 4 aromatic rings. The van der Waals surface area contributed by atoms with Crippen molar-refractivity contribution in [2.24, 2.45) is 0 Å². The van der Waals surface area contributed by atoms with Crippen molar-refractivity contribution in [2.75, 3.05) is 6.61 Å². The van der Waals surface area contributed by atoms with Crippen LogP contribution < -0.4 is 0 Å². The van der Waals surface area contributed by atoms with Crippen LogP contribution >= 0.6 is 23.2 Å². The molecule has 7 heteroatoms. The predicted molar refractivity (Wildman–Crippen MR) is 123 cm³/mol. The second kappa shape index (κ2) is 8.77. The summed E-state index contributed by atoms with van der Waals surface area (Å²) in [6.07, 6.45) is 1.73. The standard InChI is InChI=1S/C25H18Cl2FNO3/c1-3-32-25(31)15-10-11-16(19(28)13-15)21-14(2)23(29-12-5-4-9-20(21)29)24(30)22-17(26)7-6-8-18(22)27/h4-13H,3H2,1-2H3. The lowest BCUT2D eigenvalue weighted by Crippen LogP contribution is -2.08. The van der Waals surface area contributed by atoms with Crippen molar-refractivity contribution in [1.29, 1.82) is 0 Å². The zero-order chi connectivity index (χ0) is 23.0. The summed E-state index contributed by atoms with van der Waals surface area (Å²) in [4.78, 5) is 25.5. The number of pyridine rings is 1. The second-order valence-electron chi connectivity index (χ2n) is 7.15. The Hall–Kier alpha value is -3.15. The summed E-state index contributed by atoms with van der Waals surface area (Å²) >= 11 is 12.6. The molecule has 0 spiro atoms. The molecule has 32 heavy (non-hydrogen) atoms. The van der Waals surface area contributed by atoms with Crippen LogP contribution in [0.1, 0.15) is 38.9 Å². The highest BCUT2D eigenvalue weighted by Crippen LogP contribution is 2.37. The molecule has 4 rings (SSSR count). The molecule has 4 nitrogen and oxygen atoms in total. The fraction of sp³-hybridized carbons (Fsp3) is 0.120. The van der Waals surface area contributed by atoms with Crippen molar-refractivity contribution in [3.8, 4) is 11.1 Å². The Kier molecular flexibility index (Phi) is 6.04. The second-order valence-corrected chi connectivity index (χ2v) is 7.96. The van der Waals surface area contributed by atoms with Crippen LogP contribution in [0.15, 0.2) is 60.8 Å². The van der Waals surface area contributed by atoms with E-state index >= 15 is 4.39 Å². The molecule has 0 aliphatic rings. The molecule has 0 aliphatic heterocycles. The first-order valence-electron chi connectivity index (χ1n) is 9.90. The minimum Gasteiger partial charge on any atom is -0.462 e. The van der Waals surface area contributed by atoms with Crippen LogP contribution in [-0.4, -0.2) is 22.8 Å². The number of carbonyl (C=O) groups excluding carboxylic acids is 2. The third-order valence-corrected chi connectivity index (χ3v) is 5.87. The van der Waals surface area contributed by atoms with E-state index in [0.717, 1.165) is 6.07 Å². The SMILES string of the molecule is CCOC(=O)c1ccc(-c2c(C)c(C(=O)c3c(Cl)cccc3Cl)n3ccccc23)c(F)c1. The molecule has 0 saturated heterocycles. The molecule has 2 aromatic heterocycles. The van der Waals surface area contributed by atoms with Gasteiger partial charge in [-0.15, -0.1) is 0 Å². The normalized spacial score (nSPS) is 11.0. The van der Waals surface area contributed by atoms with Gasteiger partial charge in [0.1, 0.15) is 5.82 Å². The molecule has 0 unspecified atom stereocenters. The van der Waals surface area contributed by atoms with E-state index in [1.807, 2.05) is 0 Å². The van der Waals surface area contributed by atoms with E-state index in [0.29, 0.717) is 22.3 Å². The van der Waals surface area contributed by atoms with Crippen molar-refractivity contribution in [1.82, 2.24) is 4.40 Å². The van der Waals surface area contributed by atoms with E-state index < -0.39 is 11.8 Å². The Morgan fingerprint density at radius 3 is 2.41 bits per heavy atom. The monoisotopic (exact) mass is 469 g/mol. The third-order valence-electron chi connectivity index (χ3n) is 5.24. The molecule has 0 atom stereocenters.